The van der Waals surface area contributed by atoms with E-state index >= 15 is 0 Å². The molecule has 0 amide bonds. The predicted octanol–water partition coefficient (Wildman–Crippen LogP) is 2.74. The van der Waals surface area contributed by atoms with Crippen molar-refractivity contribution in [2.45, 2.75) is 18.2 Å². The Kier molecular flexibility index (Phi) is 3.77. The van der Waals surface area contributed by atoms with Crippen molar-refractivity contribution in [2.24, 2.45) is 0 Å². The Hall–Kier alpha value is -0.850. The van der Waals surface area contributed by atoms with E-state index in [4.69, 9.17) is 22.3 Å². The summed E-state index contributed by atoms with van der Waals surface area (Å²) < 4.78 is 22.1. The van der Waals surface area contributed by atoms with Crippen molar-refractivity contribution < 1.29 is 13.3 Å². The fourth-order valence-electron chi connectivity index (χ4n) is 1.25. The van der Waals surface area contributed by atoms with Gasteiger partial charge in [-0.2, -0.15) is 0 Å². The largest absolute Gasteiger partial charge is 0.275 e. The smallest absolute Gasteiger partial charge is 0.258 e. The van der Waals surface area contributed by atoms with Crippen LogP contribution in [0.4, 0.5) is 5.69 Å². The third-order valence-electron chi connectivity index (χ3n) is 1.98. The Morgan fingerprint density at radius 2 is 2.00 bits per heavy atom. The highest BCUT2D eigenvalue weighted by Gasteiger charge is 2.22. The van der Waals surface area contributed by atoms with Crippen LogP contribution in [0, 0.1) is 10.1 Å². The van der Waals surface area contributed by atoms with Gasteiger partial charge in [-0.05, 0) is 12.5 Å². The highest BCUT2D eigenvalue weighted by molar-refractivity contribution is 8.13. The van der Waals surface area contributed by atoms with Gasteiger partial charge in [-0.15, -0.1) is 0 Å². The SMILES string of the molecule is CCc1c(Cl)cc(S(=O)(=O)Cl)cc1[N+](=O)[O-]. The summed E-state index contributed by atoms with van der Waals surface area (Å²) in [5.74, 6) is 0. The number of hydrogen-bond donors (Lipinski definition) is 0. The highest BCUT2D eigenvalue weighted by Crippen LogP contribution is 2.31. The Bertz CT molecular complexity index is 541. The van der Waals surface area contributed by atoms with Crippen molar-refractivity contribution in [3.05, 3.63) is 32.8 Å². The van der Waals surface area contributed by atoms with E-state index in [-0.39, 0.29) is 21.2 Å². The van der Waals surface area contributed by atoms with Crippen LogP contribution in [-0.4, -0.2) is 13.3 Å². The first kappa shape index (κ1) is 13.2. The van der Waals surface area contributed by atoms with Gasteiger partial charge in [-0.1, -0.05) is 18.5 Å². The third-order valence-corrected chi connectivity index (χ3v) is 3.65. The van der Waals surface area contributed by atoms with Gasteiger partial charge in [0, 0.05) is 22.3 Å². The van der Waals surface area contributed by atoms with Crippen LogP contribution in [0.1, 0.15) is 12.5 Å². The minimum Gasteiger partial charge on any atom is -0.258 e. The number of rotatable bonds is 3. The van der Waals surface area contributed by atoms with Crippen LogP contribution in [0.2, 0.25) is 5.02 Å². The molecule has 0 N–H and O–H groups in total. The lowest BCUT2D eigenvalue weighted by Crippen LogP contribution is -1.99. The summed E-state index contributed by atoms with van der Waals surface area (Å²) in [6.45, 7) is 1.68. The number of halogens is 2. The van der Waals surface area contributed by atoms with E-state index in [0.29, 0.717) is 6.42 Å². The van der Waals surface area contributed by atoms with Gasteiger partial charge in [-0.25, -0.2) is 8.42 Å². The van der Waals surface area contributed by atoms with Gasteiger partial charge < -0.3 is 0 Å². The molecule has 0 aliphatic heterocycles. The first-order valence-electron chi connectivity index (χ1n) is 4.18. The van der Waals surface area contributed by atoms with Gasteiger partial charge in [0.25, 0.3) is 14.7 Å². The van der Waals surface area contributed by atoms with E-state index in [1.807, 2.05) is 0 Å². The van der Waals surface area contributed by atoms with Crippen LogP contribution in [-0.2, 0) is 15.5 Å². The van der Waals surface area contributed by atoms with Gasteiger partial charge in [0.1, 0.15) is 0 Å². The Labute approximate surface area is 102 Å². The van der Waals surface area contributed by atoms with Crippen LogP contribution >= 0.6 is 22.3 Å². The summed E-state index contributed by atoms with van der Waals surface area (Å²) in [5.41, 5.74) is -0.0510. The molecule has 0 aromatic heterocycles. The monoisotopic (exact) mass is 283 g/mol. The summed E-state index contributed by atoms with van der Waals surface area (Å²) in [6, 6.07) is 2.02. The van der Waals surface area contributed by atoms with Crippen molar-refractivity contribution in [3.63, 3.8) is 0 Å². The van der Waals surface area contributed by atoms with Crippen molar-refractivity contribution in [1.82, 2.24) is 0 Å². The third kappa shape index (κ3) is 2.63. The zero-order valence-corrected chi connectivity index (χ0v) is 10.4. The van der Waals surface area contributed by atoms with E-state index < -0.39 is 14.0 Å². The van der Waals surface area contributed by atoms with Gasteiger partial charge in [-0.3, -0.25) is 10.1 Å². The van der Waals surface area contributed by atoms with Crippen molar-refractivity contribution in [1.29, 1.82) is 0 Å². The van der Waals surface area contributed by atoms with Crippen LogP contribution in [0.15, 0.2) is 17.0 Å². The average molecular weight is 284 g/mol. The normalized spacial score (nSPS) is 11.4. The zero-order valence-electron chi connectivity index (χ0n) is 8.11. The lowest BCUT2D eigenvalue weighted by Gasteiger charge is -2.04. The summed E-state index contributed by atoms with van der Waals surface area (Å²) in [4.78, 5) is 9.66. The van der Waals surface area contributed by atoms with Gasteiger partial charge in [0.2, 0.25) is 0 Å². The Morgan fingerprint density at radius 1 is 1.44 bits per heavy atom. The molecule has 0 radical (unpaired) electrons. The van der Waals surface area contributed by atoms with Crippen LogP contribution in [0.25, 0.3) is 0 Å². The van der Waals surface area contributed by atoms with Crippen molar-refractivity contribution in [2.75, 3.05) is 0 Å². The molecule has 0 spiro atoms. The molecule has 1 aromatic carbocycles. The number of nitrogens with zero attached hydrogens (tertiary/aromatic N) is 1. The lowest BCUT2D eigenvalue weighted by molar-refractivity contribution is -0.385. The maximum atomic E-state index is 11.0. The highest BCUT2D eigenvalue weighted by atomic mass is 35.7. The standard InChI is InChI=1S/C8H7Cl2NO4S/c1-2-6-7(9)3-5(16(10,14)15)4-8(6)11(12)13/h3-4H,2H2,1H3. The molecule has 88 valence electrons. The molecule has 0 bridgehead atoms. The number of nitro groups is 1. The fourth-order valence-corrected chi connectivity index (χ4v) is 2.44. The van der Waals surface area contributed by atoms with Crippen LogP contribution in [0.5, 0.6) is 0 Å². The zero-order chi connectivity index (χ0) is 12.5. The van der Waals surface area contributed by atoms with Gasteiger partial charge in [0.15, 0.2) is 0 Å². The molecular weight excluding hydrogens is 277 g/mol. The minimum atomic E-state index is -4.02. The van der Waals surface area contributed by atoms with Crippen molar-refractivity contribution in [3.8, 4) is 0 Å². The van der Waals surface area contributed by atoms with E-state index in [1.54, 1.807) is 6.92 Å². The predicted molar refractivity (Wildman–Crippen MR) is 60.5 cm³/mol. The molecule has 0 fully saturated rings. The number of benzene rings is 1. The fraction of sp³-hybridized carbons (Fsp3) is 0.250. The molecule has 0 atom stereocenters. The second-order valence-electron chi connectivity index (χ2n) is 2.95. The molecule has 0 saturated heterocycles. The topological polar surface area (TPSA) is 77.3 Å². The van der Waals surface area contributed by atoms with Gasteiger partial charge >= 0.3 is 0 Å². The molecule has 5 nitrogen and oxygen atoms in total. The molecule has 0 unspecified atom stereocenters. The van der Waals surface area contributed by atoms with Crippen LogP contribution < -0.4 is 0 Å². The summed E-state index contributed by atoms with van der Waals surface area (Å²) >= 11 is 5.76. The van der Waals surface area contributed by atoms with E-state index in [0.717, 1.165) is 12.1 Å². The molecule has 8 heteroatoms. The number of hydrogen-bond acceptors (Lipinski definition) is 4. The maximum absolute atomic E-state index is 11.0. The Balaban J connectivity index is 3.59. The molecule has 0 saturated carbocycles. The van der Waals surface area contributed by atoms with E-state index in [2.05, 4.69) is 0 Å². The average Bonchev–Trinajstić information content (AvgIpc) is 2.14. The molecular formula is C8H7Cl2NO4S. The summed E-state index contributed by atoms with van der Waals surface area (Å²) in [6.07, 6.45) is 0.331. The van der Waals surface area contributed by atoms with E-state index in [1.165, 1.54) is 0 Å². The first-order chi connectivity index (χ1) is 7.27. The second-order valence-corrected chi connectivity index (χ2v) is 5.92. The second kappa shape index (κ2) is 4.57. The quantitative estimate of drug-likeness (QED) is 0.485. The molecule has 0 aliphatic carbocycles. The van der Waals surface area contributed by atoms with Crippen LogP contribution in [0.3, 0.4) is 0 Å². The number of nitro benzene ring substituents is 1. The molecule has 1 aromatic rings. The summed E-state index contributed by atoms with van der Waals surface area (Å²) in [5, 5.41) is 10.7. The first-order valence-corrected chi connectivity index (χ1v) is 6.87. The van der Waals surface area contributed by atoms with E-state index in [9.17, 15) is 18.5 Å². The Morgan fingerprint density at radius 3 is 2.38 bits per heavy atom. The minimum absolute atomic E-state index is 0.0240. The maximum Gasteiger partial charge on any atom is 0.275 e. The molecule has 0 heterocycles. The molecule has 0 aliphatic rings. The lowest BCUT2D eigenvalue weighted by atomic mass is 10.1. The molecule has 1 rings (SSSR count). The molecule has 16 heavy (non-hydrogen) atoms. The van der Waals surface area contributed by atoms with Crippen molar-refractivity contribution >= 4 is 37.0 Å². The van der Waals surface area contributed by atoms with Gasteiger partial charge in [0.05, 0.1) is 14.8 Å². The summed E-state index contributed by atoms with van der Waals surface area (Å²) in [7, 11) is 1.07.